The molecule has 8 heteroatoms. The van der Waals surface area contributed by atoms with Crippen molar-refractivity contribution in [1.82, 2.24) is 10.3 Å². The summed E-state index contributed by atoms with van der Waals surface area (Å²) in [5.74, 6) is -0.0147. The zero-order valence-electron chi connectivity index (χ0n) is 13.6. The van der Waals surface area contributed by atoms with Gasteiger partial charge in [0.2, 0.25) is 0 Å². The van der Waals surface area contributed by atoms with Gasteiger partial charge in [-0.25, -0.2) is 4.98 Å². The number of rotatable bonds is 5. The maximum atomic E-state index is 12.9. The molecule has 25 heavy (non-hydrogen) atoms. The number of nitrogens with one attached hydrogen (secondary N) is 2. The molecule has 0 fully saturated rings. The molecule has 0 bridgehead atoms. The van der Waals surface area contributed by atoms with Crippen LogP contribution in [-0.4, -0.2) is 16.9 Å². The highest BCUT2D eigenvalue weighted by atomic mass is 35.5. The van der Waals surface area contributed by atoms with E-state index in [-0.39, 0.29) is 28.5 Å². The molecular formula is C17H17ClF3N3O. The van der Waals surface area contributed by atoms with E-state index in [9.17, 15) is 18.0 Å². The van der Waals surface area contributed by atoms with E-state index in [1.807, 2.05) is 13.8 Å². The Hall–Kier alpha value is -2.28. The summed E-state index contributed by atoms with van der Waals surface area (Å²) in [5.41, 5.74) is -0.406. The van der Waals surface area contributed by atoms with Gasteiger partial charge in [0, 0.05) is 23.5 Å². The van der Waals surface area contributed by atoms with Gasteiger partial charge in [0.15, 0.2) is 0 Å². The number of carbonyl (C=O) groups excluding carboxylic acids is 1. The summed E-state index contributed by atoms with van der Waals surface area (Å²) < 4.78 is 38.7. The lowest BCUT2D eigenvalue weighted by Crippen LogP contribution is -2.31. The van der Waals surface area contributed by atoms with Crippen molar-refractivity contribution in [2.75, 3.05) is 5.32 Å². The molecule has 1 unspecified atom stereocenters. The van der Waals surface area contributed by atoms with Gasteiger partial charge in [0.25, 0.3) is 5.91 Å². The summed E-state index contributed by atoms with van der Waals surface area (Å²) >= 11 is 5.60. The van der Waals surface area contributed by atoms with Crippen molar-refractivity contribution in [2.45, 2.75) is 32.5 Å². The average Bonchev–Trinajstić information content (AvgIpc) is 2.55. The highest BCUT2D eigenvalue weighted by Gasteiger charge is 2.33. The summed E-state index contributed by atoms with van der Waals surface area (Å²) in [5, 5.41) is 5.19. The van der Waals surface area contributed by atoms with Crippen LogP contribution in [0, 0.1) is 0 Å². The summed E-state index contributed by atoms with van der Waals surface area (Å²) in [6.07, 6.45) is -2.36. The third kappa shape index (κ3) is 5.09. The molecule has 1 atom stereocenters. The maximum Gasteiger partial charge on any atom is 0.417 e. The van der Waals surface area contributed by atoms with Crippen molar-refractivity contribution in [2.24, 2.45) is 0 Å². The SMILES string of the molecule is CCC(C)NC(=O)c1ccnc(Nc2ccc(Cl)c(C(F)(F)F)c2)c1. The first-order valence-corrected chi connectivity index (χ1v) is 7.99. The van der Waals surface area contributed by atoms with Crippen LogP contribution in [0.3, 0.4) is 0 Å². The van der Waals surface area contributed by atoms with Gasteiger partial charge in [-0.15, -0.1) is 0 Å². The van der Waals surface area contributed by atoms with Crippen molar-refractivity contribution in [3.8, 4) is 0 Å². The normalized spacial score (nSPS) is 12.6. The van der Waals surface area contributed by atoms with Crippen LogP contribution in [0.2, 0.25) is 5.02 Å². The van der Waals surface area contributed by atoms with Gasteiger partial charge >= 0.3 is 6.18 Å². The Morgan fingerprint density at radius 1 is 1.28 bits per heavy atom. The van der Waals surface area contributed by atoms with E-state index in [4.69, 9.17) is 11.6 Å². The lowest BCUT2D eigenvalue weighted by molar-refractivity contribution is -0.137. The van der Waals surface area contributed by atoms with Gasteiger partial charge in [-0.3, -0.25) is 4.79 Å². The summed E-state index contributed by atoms with van der Waals surface area (Å²) in [6.45, 7) is 3.83. The molecule has 1 heterocycles. The second kappa shape index (κ2) is 7.74. The molecule has 2 rings (SSSR count). The maximum absolute atomic E-state index is 12.9. The first kappa shape index (κ1) is 19.1. The standard InChI is InChI=1S/C17H17ClF3N3O/c1-3-10(2)23-16(25)11-6-7-22-15(8-11)24-12-4-5-14(18)13(9-12)17(19,20)21/h4-10H,3H2,1-2H3,(H,22,24)(H,23,25). The lowest BCUT2D eigenvalue weighted by Gasteiger charge is -2.13. The number of aromatic nitrogens is 1. The molecule has 134 valence electrons. The second-order valence-electron chi connectivity index (χ2n) is 5.53. The van der Waals surface area contributed by atoms with Gasteiger partial charge in [-0.1, -0.05) is 18.5 Å². The average molecular weight is 372 g/mol. The molecule has 0 aliphatic rings. The minimum atomic E-state index is -4.56. The van der Waals surface area contributed by atoms with E-state index >= 15 is 0 Å². The molecule has 2 N–H and O–H groups in total. The molecule has 1 aromatic heterocycles. The van der Waals surface area contributed by atoms with Crippen LogP contribution in [0.25, 0.3) is 0 Å². The van der Waals surface area contributed by atoms with Crippen molar-refractivity contribution in [3.63, 3.8) is 0 Å². The van der Waals surface area contributed by atoms with Crippen LogP contribution in [0.15, 0.2) is 36.5 Å². The van der Waals surface area contributed by atoms with Crippen LogP contribution in [0.1, 0.15) is 36.2 Å². The third-order valence-corrected chi connectivity index (χ3v) is 3.89. The molecule has 1 amide bonds. The topological polar surface area (TPSA) is 54.0 Å². The van der Waals surface area contributed by atoms with E-state index in [1.165, 1.54) is 24.4 Å². The fourth-order valence-electron chi connectivity index (χ4n) is 2.02. The van der Waals surface area contributed by atoms with E-state index < -0.39 is 11.7 Å². The molecule has 0 spiro atoms. The molecule has 0 radical (unpaired) electrons. The van der Waals surface area contributed by atoms with Gasteiger partial charge in [0.1, 0.15) is 5.82 Å². The first-order chi connectivity index (χ1) is 11.7. The third-order valence-electron chi connectivity index (χ3n) is 3.56. The summed E-state index contributed by atoms with van der Waals surface area (Å²) in [4.78, 5) is 16.1. The number of halogens is 4. The summed E-state index contributed by atoms with van der Waals surface area (Å²) in [6, 6.07) is 6.49. The van der Waals surface area contributed by atoms with Crippen LogP contribution in [-0.2, 0) is 6.18 Å². The molecule has 0 aliphatic carbocycles. The van der Waals surface area contributed by atoms with Crippen LogP contribution in [0.4, 0.5) is 24.7 Å². The van der Waals surface area contributed by atoms with Crippen LogP contribution in [0.5, 0.6) is 0 Å². The number of carbonyl (C=O) groups is 1. The van der Waals surface area contributed by atoms with Crippen molar-refractivity contribution < 1.29 is 18.0 Å². The van der Waals surface area contributed by atoms with Crippen molar-refractivity contribution in [1.29, 1.82) is 0 Å². The van der Waals surface area contributed by atoms with Gasteiger partial charge in [0.05, 0.1) is 10.6 Å². The number of benzene rings is 1. The molecule has 0 saturated carbocycles. The highest BCUT2D eigenvalue weighted by molar-refractivity contribution is 6.31. The minimum Gasteiger partial charge on any atom is -0.350 e. The van der Waals surface area contributed by atoms with Crippen molar-refractivity contribution >= 4 is 29.0 Å². The minimum absolute atomic E-state index is 0.0164. The quantitative estimate of drug-likeness (QED) is 0.775. The van der Waals surface area contributed by atoms with E-state index in [0.29, 0.717) is 5.56 Å². The second-order valence-corrected chi connectivity index (χ2v) is 5.94. The number of hydrogen-bond acceptors (Lipinski definition) is 3. The van der Waals surface area contributed by atoms with Gasteiger partial charge < -0.3 is 10.6 Å². The highest BCUT2D eigenvalue weighted by Crippen LogP contribution is 2.36. The Bertz CT molecular complexity index is 765. The van der Waals surface area contributed by atoms with E-state index in [0.717, 1.165) is 18.6 Å². The smallest absolute Gasteiger partial charge is 0.350 e. The van der Waals surface area contributed by atoms with E-state index in [2.05, 4.69) is 15.6 Å². The van der Waals surface area contributed by atoms with Crippen LogP contribution >= 0.6 is 11.6 Å². The Kier molecular flexibility index (Phi) is 5.89. The Labute approximate surface area is 148 Å². The fourth-order valence-corrected chi connectivity index (χ4v) is 2.24. The number of pyridine rings is 1. The summed E-state index contributed by atoms with van der Waals surface area (Å²) in [7, 11) is 0. The Balaban J connectivity index is 2.21. The zero-order chi connectivity index (χ0) is 18.6. The lowest BCUT2D eigenvalue weighted by atomic mass is 10.2. The van der Waals surface area contributed by atoms with Gasteiger partial charge in [-0.2, -0.15) is 13.2 Å². The Morgan fingerprint density at radius 3 is 2.64 bits per heavy atom. The first-order valence-electron chi connectivity index (χ1n) is 7.61. The molecule has 2 aromatic rings. The monoisotopic (exact) mass is 371 g/mol. The van der Waals surface area contributed by atoms with Gasteiger partial charge in [-0.05, 0) is 43.7 Å². The number of alkyl halides is 3. The van der Waals surface area contributed by atoms with Crippen molar-refractivity contribution in [3.05, 3.63) is 52.7 Å². The number of hydrogen-bond donors (Lipinski definition) is 2. The zero-order valence-corrected chi connectivity index (χ0v) is 14.4. The molecule has 0 saturated heterocycles. The Morgan fingerprint density at radius 2 is 2.00 bits per heavy atom. The largest absolute Gasteiger partial charge is 0.417 e. The van der Waals surface area contributed by atoms with E-state index in [1.54, 1.807) is 0 Å². The predicted molar refractivity (Wildman–Crippen MR) is 91.2 cm³/mol. The number of nitrogens with zero attached hydrogens (tertiary/aromatic N) is 1. The molecular weight excluding hydrogens is 355 g/mol. The molecule has 1 aromatic carbocycles. The fraction of sp³-hybridized carbons (Fsp3) is 0.294. The number of anilines is 2. The molecule has 4 nitrogen and oxygen atoms in total. The van der Waals surface area contributed by atoms with Crippen LogP contribution < -0.4 is 10.6 Å². The molecule has 0 aliphatic heterocycles. The number of amides is 1. The predicted octanol–water partition coefficient (Wildman–Crippen LogP) is 5.03.